The minimum Gasteiger partial charge on any atom is -0.378 e. The maximum absolute atomic E-state index is 13.1. The molecule has 0 N–H and O–H groups in total. The summed E-state index contributed by atoms with van der Waals surface area (Å²) in [4.78, 5) is 15.8. The number of anilines is 2. The molecule has 1 aliphatic heterocycles. The maximum atomic E-state index is 13.1. The number of nitrogens with zero attached hydrogens (tertiary/aromatic N) is 2. The molecule has 1 atom stereocenters. The van der Waals surface area contributed by atoms with Gasteiger partial charge < -0.3 is 9.80 Å². The zero-order chi connectivity index (χ0) is 19.1. The highest BCUT2D eigenvalue weighted by Gasteiger charge is 2.35. The number of rotatable bonds is 3. The van der Waals surface area contributed by atoms with Gasteiger partial charge in [0.15, 0.2) is 0 Å². The zero-order valence-electron chi connectivity index (χ0n) is 14.5. The van der Waals surface area contributed by atoms with Gasteiger partial charge in [0.2, 0.25) is 5.91 Å². The normalized spacial score (nSPS) is 16.3. The molecule has 1 unspecified atom stereocenters. The highest BCUT2D eigenvalue weighted by atomic mass is 19.4. The summed E-state index contributed by atoms with van der Waals surface area (Å²) >= 11 is 0. The molecule has 0 aromatic heterocycles. The van der Waals surface area contributed by atoms with Gasteiger partial charge in [-0.3, -0.25) is 4.79 Å². The minimum absolute atomic E-state index is 0.267. The van der Waals surface area contributed by atoms with Crippen LogP contribution in [-0.4, -0.2) is 26.5 Å². The van der Waals surface area contributed by atoms with Crippen LogP contribution < -0.4 is 9.80 Å². The maximum Gasteiger partial charge on any atom is 0.416 e. The fraction of sp³-hybridized carbons (Fsp3) is 0.250. The second kappa shape index (κ2) is 6.52. The molecule has 136 valence electrons. The third-order valence-corrected chi connectivity index (χ3v) is 4.62. The van der Waals surface area contributed by atoms with E-state index in [4.69, 9.17) is 0 Å². The van der Waals surface area contributed by atoms with Gasteiger partial charge in [-0.2, -0.15) is 13.2 Å². The van der Waals surface area contributed by atoms with Gasteiger partial charge in [0, 0.05) is 37.9 Å². The summed E-state index contributed by atoms with van der Waals surface area (Å²) < 4.78 is 39.2. The van der Waals surface area contributed by atoms with E-state index in [-0.39, 0.29) is 11.8 Å². The Bertz CT molecular complexity index is 858. The van der Waals surface area contributed by atoms with Gasteiger partial charge in [-0.05, 0) is 35.4 Å². The summed E-state index contributed by atoms with van der Waals surface area (Å²) in [6, 6.07) is 11.0. The van der Waals surface area contributed by atoms with E-state index in [0.717, 1.165) is 23.4 Å². The third-order valence-electron chi connectivity index (χ3n) is 4.62. The molecule has 0 radical (unpaired) electrons. The number of carbonyl (C=O) groups excluding carboxylic acids is 1. The first-order valence-corrected chi connectivity index (χ1v) is 8.14. The number of benzene rings is 2. The largest absolute Gasteiger partial charge is 0.416 e. The fourth-order valence-electron chi connectivity index (χ4n) is 3.25. The van der Waals surface area contributed by atoms with E-state index in [1.54, 1.807) is 11.0 Å². The average Bonchev–Trinajstić information content (AvgIpc) is 2.99. The summed E-state index contributed by atoms with van der Waals surface area (Å²) in [5.41, 5.74) is 2.32. The van der Waals surface area contributed by atoms with Crippen LogP contribution in [0.3, 0.4) is 0 Å². The van der Waals surface area contributed by atoms with Crippen molar-refractivity contribution in [1.29, 1.82) is 0 Å². The van der Waals surface area contributed by atoms with Crippen LogP contribution in [0.2, 0.25) is 0 Å². The van der Waals surface area contributed by atoms with Gasteiger partial charge in [0.25, 0.3) is 0 Å². The molecule has 2 aromatic carbocycles. The van der Waals surface area contributed by atoms with Crippen LogP contribution in [0, 0.1) is 0 Å². The van der Waals surface area contributed by atoms with Crippen molar-refractivity contribution in [2.75, 3.05) is 30.4 Å². The molecule has 1 heterocycles. The van der Waals surface area contributed by atoms with Gasteiger partial charge in [-0.1, -0.05) is 30.8 Å². The smallest absolute Gasteiger partial charge is 0.378 e. The monoisotopic (exact) mass is 360 g/mol. The second-order valence-electron chi connectivity index (χ2n) is 6.47. The van der Waals surface area contributed by atoms with Crippen LogP contribution in [0.1, 0.15) is 22.6 Å². The molecule has 3 rings (SSSR count). The summed E-state index contributed by atoms with van der Waals surface area (Å²) in [5, 5.41) is 0. The predicted molar refractivity (Wildman–Crippen MR) is 96.6 cm³/mol. The number of alkyl halides is 3. The lowest BCUT2D eigenvalue weighted by atomic mass is 9.92. The Morgan fingerprint density at radius 1 is 1.23 bits per heavy atom. The molecule has 1 amide bonds. The lowest BCUT2D eigenvalue weighted by molar-refractivity contribution is -0.137. The van der Waals surface area contributed by atoms with Gasteiger partial charge in [-0.15, -0.1) is 0 Å². The van der Waals surface area contributed by atoms with Gasteiger partial charge in [0.05, 0.1) is 5.56 Å². The third kappa shape index (κ3) is 3.19. The number of carbonyl (C=O) groups is 1. The standard InChI is InChI=1S/C20H19F3N2O/c1-4-19(26)25-12-17(13-6-5-7-14(10-13)20(21,22)23)16-9-8-15(24(2)3)11-18(16)25/h4-11,17H,1,12H2,2-3H3. The molecule has 3 nitrogen and oxygen atoms in total. The Morgan fingerprint density at radius 3 is 2.58 bits per heavy atom. The number of amides is 1. The van der Waals surface area contributed by atoms with E-state index < -0.39 is 11.7 Å². The lowest BCUT2D eigenvalue weighted by Gasteiger charge is -2.18. The van der Waals surface area contributed by atoms with Crippen LogP contribution in [0.15, 0.2) is 55.1 Å². The Labute approximate surface area is 150 Å². The summed E-state index contributed by atoms with van der Waals surface area (Å²) in [7, 11) is 3.78. The van der Waals surface area contributed by atoms with Crippen LogP contribution >= 0.6 is 0 Å². The Morgan fingerprint density at radius 2 is 1.96 bits per heavy atom. The first-order valence-electron chi connectivity index (χ1n) is 8.14. The first-order chi connectivity index (χ1) is 12.2. The Balaban J connectivity index is 2.09. The van der Waals surface area contributed by atoms with Crippen molar-refractivity contribution in [3.63, 3.8) is 0 Å². The van der Waals surface area contributed by atoms with E-state index in [1.807, 2.05) is 37.2 Å². The van der Waals surface area contributed by atoms with E-state index in [1.165, 1.54) is 12.1 Å². The van der Waals surface area contributed by atoms with Crippen molar-refractivity contribution in [1.82, 2.24) is 0 Å². The molecular formula is C20H19F3N2O. The van der Waals surface area contributed by atoms with Crippen molar-refractivity contribution < 1.29 is 18.0 Å². The molecular weight excluding hydrogens is 341 g/mol. The van der Waals surface area contributed by atoms with Crippen molar-refractivity contribution in [2.24, 2.45) is 0 Å². The van der Waals surface area contributed by atoms with E-state index in [9.17, 15) is 18.0 Å². The van der Waals surface area contributed by atoms with Crippen molar-refractivity contribution in [3.8, 4) is 0 Å². The number of hydrogen-bond donors (Lipinski definition) is 0. The molecule has 0 saturated carbocycles. The van der Waals surface area contributed by atoms with Crippen molar-refractivity contribution in [3.05, 3.63) is 71.8 Å². The van der Waals surface area contributed by atoms with Gasteiger partial charge in [-0.25, -0.2) is 0 Å². The minimum atomic E-state index is -4.40. The molecule has 0 fully saturated rings. The quantitative estimate of drug-likeness (QED) is 0.756. The average molecular weight is 360 g/mol. The summed E-state index contributed by atoms with van der Waals surface area (Å²) in [5.74, 6) is -0.580. The first kappa shape index (κ1) is 18.0. The topological polar surface area (TPSA) is 23.6 Å². The Kier molecular flexibility index (Phi) is 4.52. The molecule has 26 heavy (non-hydrogen) atoms. The molecule has 0 spiro atoms. The van der Waals surface area contributed by atoms with Crippen LogP contribution in [0.5, 0.6) is 0 Å². The van der Waals surface area contributed by atoms with E-state index in [0.29, 0.717) is 17.8 Å². The molecule has 2 aromatic rings. The molecule has 0 saturated heterocycles. The second-order valence-corrected chi connectivity index (χ2v) is 6.47. The van der Waals surface area contributed by atoms with Crippen LogP contribution in [0.25, 0.3) is 0 Å². The van der Waals surface area contributed by atoms with Crippen molar-refractivity contribution in [2.45, 2.75) is 12.1 Å². The SMILES string of the molecule is C=CC(=O)N1CC(c2cccc(C(F)(F)F)c2)c2ccc(N(C)C)cc21. The highest BCUT2D eigenvalue weighted by molar-refractivity contribution is 6.03. The Hall–Kier alpha value is -2.76. The fourth-order valence-corrected chi connectivity index (χ4v) is 3.25. The predicted octanol–water partition coefficient (Wildman–Crippen LogP) is 4.44. The van der Waals surface area contributed by atoms with E-state index >= 15 is 0 Å². The molecule has 6 heteroatoms. The van der Waals surface area contributed by atoms with E-state index in [2.05, 4.69) is 6.58 Å². The number of hydrogen-bond acceptors (Lipinski definition) is 2. The van der Waals surface area contributed by atoms with Crippen molar-refractivity contribution >= 4 is 17.3 Å². The zero-order valence-corrected chi connectivity index (χ0v) is 14.5. The summed E-state index contributed by atoms with van der Waals surface area (Å²) in [6.07, 6.45) is -3.18. The highest BCUT2D eigenvalue weighted by Crippen LogP contribution is 2.43. The summed E-state index contributed by atoms with van der Waals surface area (Å²) in [6.45, 7) is 3.82. The van der Waals surface area contributed by atoms with Gasteiger partial charge >= 0.3 is 6.18 Å². The molecule has 1 aliphatic rings. The molecule has 0 aliphatic carbocycles. The van der Waals surface area contributed by atoms with Gasteiger partial charge in [0.1, 0.15) is 0 Å². The number of halogens is 3. The molecule has 0 bridgehead atoms. The van der Waals surface area contributed by atoms with Crippen LogP contribution in [0.4, 0.5) is 24.5 Å². The number of fused-ring (bicyclic) bond motifs is 1. The lowest BCUT2D eigenvalue weighted by Crippen LogP contribution is -2.28. The van der Waals surface area contributed by atoms with Crippen LogP contribution in [-0.2, 0) is 11.0 Å².